The Balaban J connectivity index is 2.49. The first kappa shape index (κ1) is 12.4. The van der Waals surface area contributed by atoms with Gasteiger partial charge >= 0.3 is 0 Å². The number of hydrogen-bond acceptors (Lipinski definition) is 4. The zero-order chi connectivity index (χ0) is 13.0. The number of rotatable bonds is 4. The highest BCUT2D eigenvalue weighted by atomic mass is 15.2. The van der Waals surface area contributed by atoms with Crippen molar-refractivity contribution in [2.75, 3.05) is 17.2 Å². The lowest BCUT2D eigenvalue weighted by molar-refractivity contribution is 0.943. The average Bonchev–Trinajstić information content (AvgIpc) is 2.41. The van der Waals surface area contributed by atoms with Crippen LogP contribution in [0.25, 0.3) is 0 Å². The van der Waals surface area contributed by atoms with Gasteiger partial charge in [-0.25, -0.2) is 9.97 Å². The summed E-state index contributed by atoms with van der Waals surface area (Å²) in [6.07, 6.45) is 2.35. The van der Waals surface area contributed by atoms with E-state index in [2.05, 4.69) is 40.8 Å². The van der Waals surface area contributed by atoms with Gasteiger partial charge in [0.15, 0.2) is 0 Å². The normalized spacial score (nSPS) is 10.3. The summed E-state index contributed by atoms with van der Waals surface area (Å²) in [4.78, 5) is 10.6. The Labute approximate surface area is 107 Å². The van der Waals surface area contributed by atoms with Crippen molar-refractivity contribution in [2.24, 2.45) is 0 Å². The molecule has 0 fully saturated rings. The van der Waals surface area contributed by atoms with E-state index in [0.717, 1.165) is 30.0 Å². The SMILES string of the molecule is CCc1c(N)ncnc1N(CC)c1ccccc1. The molecule has 0 aliphatic heterocycles. The lowest BCUT2D eigenvalue weighted by Gasteiger charge is -2.24. The lowest BCUT2D eigenvalue weighted by atomic mass is 10.2. The van der Waals surface area contributed by atoms with Crippen LogP contribution in [0.1, 0.15) is 19.4 Å². The number of para-hydroxylation sites is 1. The van der Waals surface area contributed by atoms with Crippen LogP contribution in [-0.2, 0) is 6.42 Å². The molecular formula is C14H18N4. The van der Waals surface area contributed by atoms with E-state index in [1.54, 1.807) is 0 Å². The predicted molar refractivity (Wildman–Crippen MR) is 74.9 cm³/mol. The van der Waals surface area contributed by atoms with Crippen LogP contribution < -0.4 is 10.6 Å². The van der Waals surface area contributed by atoms with Crippen LogP contribution in [0.4, 0.5) is 17.3 Å². The number of nitrogens with zero attached hydrogens (tertiary/aromatic N) is 3. The molecule has 0 aliphatic carbocycles. The largest absolute Gasteiger partial charge is 0.383 e. The molecule has 1 aromatic carbocycles. The fourth-order valence-electron chi connectivity index (χ4n) is 2.05. The second-order valence-electron chi connectivity index (χ2n) is 3.99. The second kappa shape index (κ2) is 5.49. The first-order chi connectivity index (χ1) is 8.77. The minimum Gasteiger partial charge on any atom is -0.383 e. The van der Waals surface area contributed by atoms with E-state index in [-0.39, 0.29) is 0 Å². The summed E-state index contributed by atoms with van der Waals surface area (Å²) in [7, 11) is 0. The van der Waals surface area contributed by atoms with Crippen LogP contribution in [0.15, 0.2) is 36.7 Å². The van der Waals surface area contributed by atoms with Crippen LogP contribution in [0.2, 0.25) is 0 Å². The summed E-state index contributed by atoms with van der Waals surface area (Å²) >= 11 is 0. The molecule has 0 saturated heterocycles. The molecular weight excluding hydrogens is 224 g/mol. The molecule has 1 aromatic heterocycles. The molecule has 2 N–H and O–H groups in total. The van der Waals surface area contributed by atoms with Crippen LogP contribution >= 0.6 is 0 Å². The number of aromatic nitrogens is 2. The molecule has 2 aromatic rings. The van der Waals surface area contributed by atoms with Crippen molar-refractivity contribution >= 4 is 17.3 Å². The van der Waals surface area contributed by atoms with Crippen LogP contribution in [0.3, 0.4) is 0 Å². The number of nitrogen functional groups attached to an aromatic ring is 1. The smallest absolute Gasteiger partial charge is 0.141 e. The minimum absolute atomic E-state index is 0.567. The minimum atomic E-state index is 0.567. The van der Waals surface area contributed by atoms with Gasteiger partial charge < -0.3 is 10.6 Å². The zero-order valence-electron chi connectivity index (χ0n) is 10.8. The summed E-state index contributed by atoms with van der Waals surface area (Å²) in [5, 5.41) is 0. The van der Waals surface area contributed by atoms with Crippen molar-refractivity contribution in [3.05, 3.63) is 42.2 Å². The number of hydrogen-bond donors (Lipinski definition) is 1. The molecule has 0 amide bonds. The Morgan fingerprint density at radius 3 is 2.44 bits per heavy atom. The number of nitrogens with two attached hydrogens (primary N) is 1. The average molecular weight is 242 g/mol. The molecule has 0 atom stereocenters. The quantitative estimate of drug-likeness (QED) is 0.895. The maximum atomic E-state index is 5.92. The van der Waals surface area contributed by atoms with Gasteiger partial charge in [-0.05, 0) is 25.5 Å². The summed E-state index contributed by atoms with van der Waals surface area (Å²) in [6, 6.07) is 10.2. The molecule has 94 valence electrons. The Hall–Kier alpha value is -2.10. The molecule has 4 heteroatoms. The van der Waals surface area contributed by atoms with E-state index >= 15 is 0 Å². The van der Waals surface area contributed by atoms with Gasteiger partial charge in [0.1, 0.15) is 18.0 Å². The van der Waals surface area contributed by atoms with Crippen molar-refractivity contribution in [1.29, 1.82) is 0 Å². The van der Waals surface area contributed by atoms with E-state index in [0.29, 0.717) is 5.82 Å². The van der Waals surface area contributed by atoms with Gasteiger partial charge in [0.25, 0.3) is 0 Å². The number of benzene rings is 1. The van der Waals surface area contributed by atoms with Crippen molar-refractivity contribution in [3.63, 3.8) is 0 Å². The van der Waals surface area contributed by atoms with Gasteiger partial charge in [-0.1, -0.05) is 25.1 Å². The summed E-state index contributed by atoms with van der Waals surface area (Å²) in [5.74, 6) is 1.47. The van der Waals surface area contributed by atoms with Crippen LogP contribution in [0.5, 0.6) is 0 Å². The zero-order valence-corrected chi connectivity index (χ0v) is 10.8. The third kappa shape index (κ3) is 2.27. The van der Waals surface area contributed by atoms with E-state index in [1.807, 2.05) is 18.2 Å². The topological polar surface area (TPSA) is 55.0 Å². The van der Waals surface area contributed by atoms with E-state index < -0.39 is 0 Å². The molecule has 0 saturated carbocycles. The van der Waals surface area contributed by atoms with E-state index in [1.165, 1.54) is 6.33 Å². The highest BCUT2D eigenvalue weighted by Gasteiger charge is 2.14. The fourth-order valence-corrected chi connectivity index (χ4v) is 2.05. The Morgan fingerprint density at radius 2 is 1.83 bits per heavy atom. The predicted octanol–water partition coefficient (Wildman–Crippen LogP) is 2.78. The lowest BCUT2D eigenvalue weighted by Crippen LogP contribution is -2.20. The Bertz CT molecular complexity index is 510. The molecule has 18 heavy (non-hydrogen) atoms. The van der Waals surface area contributed by atoms with Gasteiger partial charge in [0.05, 0.1) is 0 Å². The molecule has 0 radical (unpaired) electrons. The van der Waals surface area contributed by atoms with Crippen LogP contribution in [-0.4, -0.2) is 16.5 Å². The van der Waals surface area contributed by atoms with E-state index in [4.69, 9.17) is 5.73 Å². The first-order valence-electron chi connectivity index (χ1n) is 6.19. The summed E-state index contributed by atoms with van der Waals surface area (Å²) in [5.41, 5.74) is 8.05. The Morgan fingerprint density at radius 1 is 1.11 bits per heavy atom. The molecule has 0 bridgehead atoms. The second-order valence-corrected chi connectivity index (χ2v) is 3.99. The third-order valence-electron chi connectivity index (χ3n) is 2.95. The van der Waals surface area contributed by atoms with Gasteiger partial charge in [0.2, 0.25) is 0 Å². The van der Waals surface area contributed by atoms with Crippen molar-refractivity contribution in [1.82, 2.24) is 9.97 Å². The molecule has 2 rings (SSSR count). The fraction of sp³-hybridized carbons (Fsp3) is 0.286. The Kier molecular flexibility index (Phi) is 3.77. The molecule has 0 unspecified atom stereocenters. The molecule has 4 nitrogen and oxygen atoms in total. The van der Waals surface area contributed by atoms with Gasteiger partial charge in [-0.3, -0.25) is 0 Å². The van der Waals surface area contributed by atoms with Crippen molar-refractivity contribution < 1.29 is 0 Å². The maximum absolute atomic E-state index is 5.92. The summed E-state index contributed by atoms with van der Waals surface area (Å²) < 4.78 is 0. The monoisotopic (exact) mass is 242 g/mol. The van der Waals surface area contributed by atoms with Crippen LogP contribution in [0, 0.1) is 0 Å². The first-order valence-corrected chi connectivity index (χ1v) is 6.19. The highest BCUT2D eigenvalue weighted by molar-refractivity contribution is 5.66. The van der Waals surface area contributed by atoms with Gasteiger partial charge in [0, 0.05) is 17.8 Å². The molecule has 0 spiro atoms. The molecule has 1 heterocycles. The standard InChI is InChI=1S/C14H18N4/c1-3-12-13(15)16-10-17-14(12)18(4-2)11-8-6-5-7-9-11/h5-10H,3-4H2,1-2H3,(H2,15,16,17). The highest BCUT2D eigenvalue weighted by Crippen LogP contribution is 2.28. The van der Waals surface area contributed by atoms with Gasteiger partial charge in [-0.15, -0.1) is 0 Å². The summed E-state index contributed by atoms with van der Waals surface area (Å²) in [6.45, 7) is 5.01. The van der Waals surface area contributed by atoms with Crippen molar-refractivity contribution in [3.8, 4) is 0 Å². The van der Waals surface area contributed by atoms with Gasteiger partial charge in [-0.2, -0.15) is 0 Å². The third-order valence-corrected chi connectivity index (χ3v) is 2.95. The number of anilines is 3. The van der Waals surface area contributed by atoms with E-state index in [9.17, 15) is 0 Å². The maximum Gasteiger partial charge on any atom is 0.141 e. The van der Waals surface area contributed by atoms with Crippen molar-refractivity contribution in [2.45, 2.75) is 20.3 Å². The molecule has 0 aliphatic rings.